The van der Waals surface area contributed by atoms with Crippen LogP contribution >= 0.6 is 0 Å². The molecule has 1 aromatic carbocycles. The Hall–Kier alpha value is -1.04. The molecule has 1 atom stereocenters. The maximum absolute atomic E-state index is 4.23. The second-order valence-corrected chi connectivity index (χ2v) is 6.15. The second-order valence-electron chi connectivity index (χ2n) is 6.15. The molecule has 0 nitrogen and oxygen atoms in total. The van der Waals surface area contributed by atoms with E-state index in [1.165, 1.54) is 60.1 Å². The summed E-state index contributed by atoms with van der Waals surface area (Å²) in [5, 5.41) is 2.53. The van der Waals surface area contributed by atoms with Crippen molar-refractivity contribution in [1.29, 1.82) is 0 Å². The molecule has 0 aliphatic carbocycles. The first kappa shape index (κ1) is 17.0. The van der Waals surface area contributed by atoms with Gasteiger partial charge in [-0.25, -0.2) is 0 Å². The molecular weight excluding hydrogens is 240 g/mol. The van der Waals surface area contributed by atoms with Gasteiger partial charge in [0, 0.05) is 0 Å². The van der Waals surface area contributed by atoms with Gasteiger partial charge >= 0.3 is 0 Å². The van der Waals surface area contributed by atoms with Crippen molar-refractivity contribution >= 4 is 12.2 Å². The van der Waals surface area contributed by atoms with Gasteiger partial charge in [0.05, 0.1) is 0 Å². The molecule has 0 heterocycles. The topological polar surface area (TPSA) is 0 Å². The van der Waals surface area contributed by atoms with Crippen LogP contribution in [0.3, 0.4) is 0 Å². The van der Waals surface area contributed by atoms with Gasteiger partial charge in [-0.05, 0) is 41.7 Å². The second kappa shape index (κ2) is 9.00. The summed E-state index contributed by atoms with van der Waals surface area (Å²) in [5.41, 5.74) is 2.90. The van der Waals surface area contributed by atoms with E-state index >= 15 is 0 Å². The highest BCUT2D eigenvalue weighted by Crippen LogP contribution is 2.20. The summed E-state index contributed by atoms with van der Waals surface area (Å²) < 4.78 is 0. The van der Waals surface area contributed by atoms with E-state index in [1.807, 2.05) is 0 Å². The fraction of sp³-hybridized carbons (Fsp3) is 0.600. The molecule has 0 amide bonds. The smallest absolute Gasteiger partial charge is 0.0190 e. The van der Waals surface area contributed by atoms with Gasteiger partial charge in [0.2, 0.25) is 0 Å². The molecule has 0 saturated heterocycles. The van der Waals surface area contributed by atoms with E-state index in [2.05, 4.69) is 52.5 Å². The van der Waals surface area contributed by atoms with Crippen LogP contribution in [0.4, 0.5) is 0 Å². The molecule has 1 aromatic rings. The third-order valence-corrected chi connectivity index (χ3v) is 4.43. The Balaban J connectivity index is 2.64. The minimum atomic E-state index is 0.660. The van der Waals surface area contributed by atoms with E-state index in [9.17, 15) is 0 Å². The van der Waals surface area contributed by atoms with E-state index in [1.54, 1.807) is 0 Å². The largest absolute Gasteiger partial charge is 0.0912 e. The molecule has 0 fully saturated rings. The van der Waals surface area contributed by atoms with Gasteiger partial charge in [0.25, 0.3) is 0 Å². The van der Waals surface area contributed by atoms with Crippen molar-refractivity contribution in [2.24, 2.45) is 0 Å². The Morgan fingerprint density at radius 2 is 1.80 bits per heavy atom. The third-order valence-electron chi connectivity index (χ3n) is 4.43. The molecule has 0 heteroatoms. The molecule has 0 bridgehead atoms. The summed E-state index contributed by atoms with van der Waals surface area (Å²) in [4.78, 5) is 0. The van der Waals surface area contributed by atoms with E-state index in [4.69, 9.17) is 0 Å². The van der Waals surface area contributed by atoms with E-state index < -0.39 is 0 Å². The highest BCUT2D eigenvalue weighted by Gasteiger charge is 2.05. The molecule has 112 valence electrons. The van der Waals surface area contributed by atoms with Gasteiger partial charge < -0.3 is 0 Å². The Morgan fingerprint density at radius 3 is 2.40 bits per heavy atom. The predicted octanol–water partition coefficient (Wildman–Crippen LogP) is 5.14. The minimum absolute atomic E-state index is 0.660. The van der Waals surface area contributed by atoms with Crippen LogP contribution in [0, 0.1) is 0 Å². The monoisotopic (exact) mass is 272 g/mol. The average Bonchev–Trinajstić information content (AvgIpc) is 2.46. The zero-order valence-electron chi connectivity index (χ0n) is 14.0. The maximum Gasteiger partial charge on any atom is -0.0190 e. The molecule has 1 unspecified atom stereocenters. The SMILES string of the molecule is C=c1cc(C(C)CCCCCCC)ccc1=C(C)CC. The average molecular weight is 272 g/mol. The van der Waals surface area contributed by atoms with Crippen LogP contribution in [0.15, 0.2) is 18.2 Å². The van der Waals surface area contributed by atoms with Crippen LogP contribution in [0.25, 0.3) is 12.2 Å². The lowest BCUT2D eigenvalue weighted by atomic mass is 9.93. The first-order chi connectivity index (χ1) is 9.60. The summed E-state index contributed by atoms with van der Waals surface area (Å²) in [7, 11) is 0. The van der Waals surface area contributed by atoms with E-state index in [0.717, 1.165) is 6.42 Å². The first-order valence-electron chi connectivity index (χ1n) is 8.38. The fourth-order valence-electron chi connectivity index (χ4n) is 2.75. The van der Waals surface area contributed by atoms with Gasteiger partial charge in [-0.1, -0.05) is 83.2 Å². The normalized spacial score (nSPS) is 14.2. The van der Waals surface area contributed by atoms with Crippen LogP contribution in [-0.4, -0.2) is 0 Å². The van der Waals surface area contributed by atoms with Crippen molar-refractivity contribution in [2.75, 3.05) is 0 Å². The number of rotatable bonds is 8. The van der Waals surface area contributed by atoms with Crippen LogP contribution < -0.4 is 10.4 Å². The summed E-state index contributed by atoms with van der Waals surface area (Å²) in [5.74, 6) is 0.660. The van der Waals surface area contributed by atoms with E-state index in [-0.39, 0.29) is 0 Å². The van der Waals surface area contributed by atoms with Crippen molar-refractivity contribution in [3.8, 4) is 0 Å². The zero-order valence-corrected chi connectivity index (χ0v) is 14.0. The highest BCUT2D eigenvalue weighted by atomic mass is 14.1. The molecule has 0 aromatic heterocycles. The third kappa shape index (κ3) is 5.15. The molecule has 0 aliphatic rings. The summed E-state index contributed by atoms with van der Waals surface area (Å²) in [6.07, 6.45) is 9.26. The Kier molecular flexibility index (Phi) is 7.65. The Labute approximate surface area is 125 Å². The fourth-order valence-corrected chi connectivity index (χ4v) is 2.75. The van der Waals surface area contributed by atoms with Crippen molar-refractivity contribution in [3.05, 3.63) is 34.2 Å². The minimum Gasteiger partial charge on any atom is -0.0912 e. The summed E-state index contributed by atoms with van der Waals surface area (Å²) >= 11 is 0. The standard InChI is InChI=1S/C20H32/c1-6-8-9-10-11-12-17(4)19-13-14-20(16(3)7-2)18(5)15-19/h13-15,17H,5-12H2,1-4H3. The van der Waals surface area contributed by atoms with Crippen molar-refractivity contribution in [2.45, 2.75) is 78.6 Å². The van der Waals surface area contributed by atoms with Crippen molar-refractivity contribution < 1.29 is 0 Å². The molecule has 0 radical (unpaired) electrons. The van der Waals surface area contributed by atoms with Crippen LogP contribution in [-0.2, 0) is 0 Å². The Morgan fingerprint density at radius 1 is 1.10 bits per heavy atom. The summed E-state index contributed by atoms with van der Waals surface area (Å²) in [6, 6.07) is 6.87. The maximum atomic E-state index is 4.23. The van der Waals surface area contributed by atoms with Gasteiger partial charge in [-0.3, -0.25) is 0 Å². The van der Waals surface area contributed by atoms with Crippen LogP contribution in [0.2, 0.25) is 0 Å². The lowest BCUT2D eigenvalue weighted by molar-refractivity contribution is 0.567. The predicted molar refractivity (Wildman–Crippen MR) is 92.4 cm³/mol. The Bertz CT molecular complexity index is 495. The lowest BCUT2D eigenvalue weighted by Gasteiger charge is -2.12. The van der Waals surface area contributed by atoms with E-state index in [0.29, 0.717) is 5.92 Å². The summed E-state index contributed by atoms with van der Waals surface area (Å²) in [6.45, 7) is 13.3. The van der Waals surface area contributed by atoms with Gasteiger partial charge in [-0.15, -0.1) is 0 Å². The first-order valence-corrected chi connectivity index (χ1v) is 8.38. The van der Waals surface area contributed by atoms with Gasteiger partial charge in [-0.2, -0.15) is 0 Å². The quantitative estimate of drug-likeness (QED) is 0.575. The number of benzene rings is 1. The molecule has 1 rings (SSSR count). The highest BCUT2D eigenvalue weighted by molar-refractivity contribution is 5.43. The molecule has 0 aliphatic heterocycles. The number of unbranched alkanes of at least 4 members (excludes halogenated alkanes) is 4. The molecule has 0 saturated carbocycles. The molecule has 0 N–H and O–H groups in total. The van der Waals surface area contributed by atoms with Gasteiger partial charge in [0.15, 0.2) is 0 Å². The number of hydrogen-bond donors (Lipinski definition) is 0. The van der Waals surface area contributed by atoms with Crippen molar-refractivity contribution in [3.63, 3.8) is 0 Å². The van der Waals surface area contributed by atoms with Crippen LogP contribution in [0.5, 0.6) is 0 Å². The zero-order chi connectivity index (χ0) is 15.0. The lowest BCUT2D eigenvalue weighted by Crippen LogP contribution is -2.25. The van der Waals surface area contributed by atoms with Crippen molar-refractivity contribution in [1.82, 2.24) is 0 Å². The number of hydrogen-bond acceptors (Lipinski definition) is 0. The van der Waals surface area contributed by atoms with Gasteiger partial charge in [0.1, 0.15) is 0 Å². The molecule has 0 spiro atoms. The van der Waals surface area contributed by atoms with Crippen LogP contribution in [0.1, 0.15) is 84.1 Å². The molecular formula is C20H32. The molecule has 20 heavy (non-hydrogen) atoms.